The predicted molar refractivity (Wildman–Crippen MR) is 55.7 cm³/mol. The zero-order chi connectivity index (χ0) is 13.9. The lowest BCUT2D eigenvalue weighted by molar-refractivity contribution is -0.116. The summed E-state index contributed by atoms with van der Waals surface area (Å²) in [6.07, 6.45) is 0. The minimum atomic E-state index is -1.43. The third-order valence-electron chi connectivity index (χ3n) is 2.46. The van der Waals surface area contributed by atoms with E-state index in [0.717, 1.165) is 0 Å². The van der Waals surface area contributed by atoms with Crippen LogP contribution in [-0.4, -0.2) is 11.6 Å². The fourth-order valence-corrected chi connectivity index (χ4v) is 1.56. The molecule has 18 heavy (non-hydrogen) atoms. The van der Waals surface area contributed by atoms with Gasteiger partial charge in [0.25, 0.3) is 0 Å². The number of allylic oxidation sites excluding steroid dienone is 4. The van der Waals surface area contributed by atoms with Gasteiger partial charge >= 0.3 is 0 Å². The molecule has 0 aromatic carbocycles. The number of nitrogens with zero attached hydrogens (tertiary/aromatic N) is 4. The largest absolute Gasteiger partial charge is 0.288 e. The minimum absolute atomic E-state index is 0.136. The van der Waals surface area contributed by atoms with Gasteiger partial charge in [-0.15, -0.1) is 0 Å². The van der Waals surface area contributed by atoms with Crippen LogP contribution < -0.4 is 0 Å². The van der Waals surface area contributed by atoms with Gasteiger partial charge in [-0.1, -0.05) is 0 Å². The number of nitriles is 4. The Morgan fingerprint density at radius 2 is 1.33 bits per heavy atom. The predicted octanol–water partition coefficient (Wildman–Crippen LogP) is 0.462. The molecule has 6 heteroatoms. The Kier molecular flexibility index (Phi) is 3.39. The Morgan fingerprint density at radius 1 is 0.889 bits per heavy atom. The van der Waals surface area contributed by atoms with Crippen LogP contribution in [0, 0.1) is 51.2 Å². The van der Waals surface area contributed by atoms with Crippen molar-refractivity contribution in [1.82, 2.24) is 0 Å². The lowest BCUT2D eigenvalue weighted by Crippen LogP contribution is -2.25. The quantitative estimate of drug-likeness (QED) is 0.608. The number of carbonyl (C=O) groups excluding carboxylic acids is 2. The van der Waals surface area contributed by atoms with E-state index >= 15 is 0 Å². The highest BCUT2D eigenvalue weighted by atomic mass is 16.1. The summed E-state index contributed by atoms with van der Waals surface area (Å²) in [6.45, 7) is 1.25. The maximum Gasteiger partial charge on any atom is 0.203 e. The van der Waals surface area contributed by atoms with Crippen molar-refractivity contribution >= 4 is 11.6 Å². The highest BCUT2D eigenvalue weighted by Gasteiger charge is 2.36. The average Bonchev–Trinajstić information content (AvgIpc) is 2.38. The Labute approximate surface area is 102 Å². The summed E-state index contributed by atoms with van der Waals surface area (Å²) in [5.41, 5.74) is -1.61. The van der Waals surface area contributed by atoms with Crippen molar-refractivity contribution < 1.29 is 9.59 Å². The van der Waals surface area contributed by atoms with Gasteiger partial charge in [0, 0.05) is 11.1 Å². The van der Waals surface area contributed by atoms with E-state index in [1.165, 1.54) is 19.1 Å². The third-order valence-corrected chi connectivity index (χ3v) is 2.46. The normalized spacial score (nSPS) is 15.0. The summed E-state index contributed by atoms with van der Waals surface area (Å²) in [4.78, 5) is 23.7. The van der Waals surface area contributed by atoms with Crippen molar-refractivity contribution in [2.45, 2.75) is 6.92 Å². The van der Waals surface area contributed by atoms with E-state index in [1.807, 2.05) is 0 Å². The maximum absolute atomic E-state index is 11.9. The standard InChI is InChI=1S/C12H4N4O2/c1-6-10(7(2-13)3-14)12(18)9(5-16)8(4-15)11(6)17/h7H,1H3. The molecule has 0 aromatic heterocycles. The van der Waals surface area contributed by atoms with E-state index in [9.17, 15) is 9.59 Å². The summed E-state index contributed by atoms with van der Waals surface area (Å²) in [5.74, 6) is -3.12. The van der Waals surface area contributed by atoms with Crippen LogP contribution >= 0.6 is 0 Å². The van der Waals surface area contributed by atoms with Crippen molar-refractivity contribution in [3.8, 4) is 24.3 Å². The van der Waals surface area contributed by atoms with Crippen LogP contribution in [0.3, 0.4) is 0 Å². The van der Waals surface area contributed by atoms with E-state index in [4.69, 9.17) is 21.0 Å². The Hall–Kier alpha value is -3.22. The second-order valence-corrected chi connectivity index (χ2v) is 3.36. The average molecular weight is 236 g/mol. The molecule has 0 atom stereocenters. The van der Waals surface area contributed by atoms with Crippen LogP contribution in [0.4, 0.5) is 0 Å². The topological polar surface area (TPSA) is 129 Å². The van der Waals surface area contributed by atoms with Gasteiger partial charge in [-0.3, -0.25) is 9.59 Å². The molecule has 0 spiro atoms. The number of rotatable bonds is 1. The van der Waals surface area contributed by atoms with Gasteiger partial charge in [0.1, 0.15) is 23.3 Å². The van der Waals surface area contributed by atoms with E-state index in [1.54, 1.807) is 12.1 Å². The summed E-state index contributed by atoms with van der Waals surface area (Å²) in [5, 5.41) is 35.0. The van der Waals surface area contributed by atoms with Crippen LogP contribution in [0.1, 0.15) is 6.92 Å². The lowest BCUT2D eigenvalue weighted by atomic mass is 9.80. The van der Waals surface area contributed by atoms with Gasteiger partial charge in [-0.2, -0.15) is 21.0 Å². The zero-order valence-corrected chi connectivity index (χ0v) is 9.18. The molecule has 6 nitrogen and oxygen atoms in total. The Balaban J connectivity index is 3.59. The molecule has 0 aromatic rings. The van der Waals surface area contributed by atoms with Crippen molar-refractivity contribution in [3.63, 3.8) is 0 Å². The monoisotopic (exact) mass is 236 g/mol. The van der Waals surface area contributed by atoms with Crippen LogP contribution in [0.15, 0.2) is 22.3 Å². The van der Waals surface area contributed by atoms with Crippen LogP contribution in [0.2, 0.25) is 0 Å². The van der Waals surface area contributed by atoms with Crippen molar-refractivity contribution in [1.29, 1.82) is 21.0 Å². The first-order valence-corrected chi connectivity index (χ1v) is 4.67. The van der Waals surface area contributed by atoms with Crippen molar-refractivity contribution in [3.05, 3.63) is 22.3 Å². The SMILES string of the molecule is CC1=C(C(C#N)C#N)C(=O)C(C#N)=C(C#N)C1=O. The van der Waals surface area contributed by atoms with E-state index in [2.05, 4.69) is 0 Å². The third kappa shape index (κ3) is 1.65. The number of hydrogen-bond donors (Lipinski definition) is 0. The second kappa shape index (κ2) is 4.74. The minimum Gasteiger partial charge on any atom is -0.288 e. The number of hydrogen-bond acceptors (Lipinski definition) is 6. The molecule has 1 aliphatic carbocycles. The lowest BCUT2D eigenvalue weighted by Gasteiger charge is -2.15. The van der Waals surface area contributed by atoms with Crippen molar-refractivity contribution in [2.24, 2.45) is 5.92 Å². The van der Waals surface area contributed by atoms with Gasteiger partial charge in [-0.05, 0) is 6.92 Å². The van der Waals surface area contributed by atoms with E-state index in [0.29, 0.717) is 0 Å². The summed E-state index contributed by atoms with van der Waals surface area (Å²) >= 11 is 0. The molecule has 0 bridgehead atoms. The molecule has 0 saturated heterocycles. The molecular formula is C12H4N4O2. The number of Topliss-reactive ketones (excluding diaryl/α,β-unsaturated/α-hetero) is 2. The molecule has 0 amide bonds. The molecule has 0 unspecified atom stereocenters. The van der Waals surface area contributed by atoms with Gasteiger partial charge in [0.05, 0.1) is 12.1 Å². The number of ketones is 2. The summed E-state index contributed by atoms with van der Waals surface area (Å²) < 4.78 is 0. The molecule has 0 fully saturated rings. The zero-order valence-electron chi connectivity index (χ0n) is 9.18. The fourth-order valence-electron chi connectivity index (χ4n) is 1.56. The van der Waals surface area contributed by atoms with Gasteiger partial charge < -0.3 is 0 Å². The first-order valence-electron chi connectivity index (χ1n) is 4.67. The summed E-state index contributed by atoms with van der Waals surface area (Å²) in [7, 11) is 0. The van der Waals surface area contributed by atoms with E-state index in [-0.39, 0.29) is 11.1 Å². The molecule has 0 radical (unpaired) electrons. The smallest absolute Gasteiger partial charge is 0.203 e. The molecule has 1 rings (SSSR count). The highest BCUT2D eigenvalue weighted by Crippen LogP contribution is 2.28. The van der Waals surface area contributed by atoms with Gasteiger partial charge in [0.15, 0.2) is 5.92 Å². The molecule has 0 N–H and O–H groups in total. The molecule has 0 heterocycles. The van der Waals surface area contributed by atoms with Crippen LogP contribution in [0.5, 0.6) is 0 Å². The Bertz CT molecular complexity index is 670. The van der Waals surface area contributed by atoms with Gasteiger partial charge in [0.2, 0.25) is 11.6 Å². The maximum atomic E-state index is 11.9. The highest BCUT2D eigenvalue weighted by molar-refractivity contribution is 6.28. The molecule has 84 valence electrons. The molecule has 0 saturated carbocycles. The van der Waals surface area contributed by atoms with Crippen molar-refractivity contribution in [2.75, 3.05) is 0 Å². The second-order valence-electron chi connectivity index (χ2n) is 3.36. The van der Waals surface area contributed by atoms with E-state index < -0.39 is 28.6 Å². The fraction of sp³-hybridized carbons (Fsp3) is 0.167. The first-order chi connectivity index (χ1) is 8.53. The van der Waals surface area contributed by atoms with Crippen LogP contribution in [-0.2, 0) is 9.59 Å². The first kappa shape index (κ1) is 12.8. The summed E-state index contributed by atoms with van der Waals surface area (Å²) in [6, 6.07) is 6.12. The molecular weight excluding hydrogens is 232 g/mol. The van der Waals surface area contributed by atoms with Gasteiger partial charge in [-0.25, -0.2) is 0 Å². The molecule has 1 aliphatic rings. The Morgan fingerprint density at radius 3 is 1.72 bits per heavy atom. The van der Waals surface area contributed by atoms with Crippen LogP contribution in [0.25, 0.3) is 0 Å². The molecule has 0 aliphatic heterocycles. The number of carbonyl (C=O) groups is 2.